The molecule has 22 heavy (non-hydrogen) atoms. The maximum Gasteiger partial charge on any atom is 0.0606 e. The number of nitrogens with zero attached hydrogens (tertiary/aromatic N) is 3. The number of hydrogen-bond donors (Lipinski definition) is 2. The number of rotatable bonds is 6. The summed E-state index contributed by atoms with van der Waals surface area (Å²) < 4.78 is 1.98. The molecule has 0 fully saturated rings. The molecule has 0 saturated carbocycles. The molecular formula is C17H26N4O. The number of hydrogen-bond acceptors (Lipinski definition) is 4. The fourth-order valence-electron chi connectivity index (χ4n) is 2.14. The first-order chi connectivity index (χ1) is 10.4. The van der Waals surface area contributed by atoms with Crippen molar-refractivity contribution in [2.75, 3.05) is 30.4 Å². The van der Waals surface area contributed by atoms with E-state index < -0.39 is 0 Å². The molecule has 1 aromatic heterocycles. The van der Waals surface area contributed by atoms with Crippen LogP contribution in [0.15, 0.2) is 36.7 Å². The first-order valence-corrected chi connectivity index (χ1v) is 7.60. The summed E-state index contributed by atoms with van der Waals surface area (Å²) in [6.45, 7) is 7.96. The maximum atomic E-state index is 8.96. The summed E-state index contributed by atoms with van der Waals surface area (Å²) in [5, 5.41) is 16.8. The van der Waals surface area contributed by atoms with Gasteiger partial charge in [-0.15, -0.1) is 0 Å². The Balaban J connectivity index is 1.93. The summed E-state index contributed by atoms with van der Waals surface area (Å²) >= 11 is 0. The van der Waals surface area contributed by atoms with Gasteiger partial charge in [-0.25, -0.2) is 0 Å². The van der Waals surface area contributed by atoms with Crippen LogP contribution in [0.2, 0.25) is 0 Å². The molecular weight excluding hydrogens is 276 g/mol. The van der Waals surface area contributed by atoms with Gasteiger partial charge in [-0.3, -0.25) is 4.68 Å². The minimum absolute atomic E-state index is 0.0111. The van der Waals surface area contributed by atoms with Crippen molar-refractivity contribution >= 4 is 11.4 Å². The Morgan fingerprint density at radius 2 is 1.91 bits per heavy atom. The van der Waals surface area contributed by atoms with Crippen molar-refractivity contribution in [3.05, 3.63) is 42.2 Å². The van der Waals surface area contributed by atoms with Crippen LogP contribution >= 0.6 is 0 Å². The number of anilines is 2. The lowest BCUT2D eigenvalue weighted by molar-refractivity contribution is 0.304. The standard InChI is InChI=1S/C17H26N4O/c1-17(2,3)21-13-14(12-19-21)11-18-15-5-7-16(8-6-15)20(4)9-10-22/h5-8,12-13,18,22H,9-11H2,1-4H3. The van der Waals surface area contributed by atoms with E-state index in [1.165, 1.54) is 0 Å². The topological polar surface area (TPSA) is 53.3 Å². The van der Waals surface area contributed by atoms with Crippen LogP contribution < -0.4 is 10.2 Å². The largest absolute Gasteiger partial charge is 0.395 e. The third-order valence-electron chi connectivity index (χ3n) is 3.56. The van der Waals surface area contributed by atoms with Crippen molar-refractivity contribution in [2.45, 2.75) is 32.9 Å². The van der Waals surface area contributed by atoms with Crippen molar-refractivity contribution in [2.24, 2.45) is 0 Å². The van der Waals surface area contributed by atoms with Gasteiger partial charge < -0.3 is 15.3 Å². The molecule has 2 aromatic rings. The van der Waals surface area contributed by atoms with Crippen LogP contribution in [-0.4, -0.2) is 35.1 Å². The van der Waals surface area contributed by atoms with Crippen LogP contribution in [0.5, 0.6) is 0 Å². The van der Waals surface area contributed by atoms with E-state index in [0.29, 0.717) is 6.54 Å². The number of benzene rings is 1. The molecule has 5 heteroatoms. The summed E-state index contributed by atoms with van der Waals surface area (Å²) in [5.74, 6) is 0. The van der Waals surface area contributed by atoms with Gasteiger partial charge in [0.15, 0.2) is 0 Å². The van der Waals surface area contributed by atoms with Crippen LogP contribution in [0.4, 0.5) is 11.4 Å². The Morgan fingerprint density at radius 3 is 2.45 bits per heavy atom. The molecule has 0 saturated heterocycles. The molecule has 0 bridgehead atoms. The highest BCUT2D eigenvalue weighted by atomic mass is 16.3. The molecule has 2 N–H and O–H groups in total. The number of aromatic nitrogens is 2. The quantitative estimate of drug-likeness (QED) is 0.861. The molecule has 0 atom stereocenters. The lowest BCUT2D eigenvalue weighted by Crippen LogP contribution is -2.22. The smallest absolute Gasteiger partial charge is 0.0606 e. The molecule has 0 radical (unpaired) electrons. The summed E-state index contributed by atoms with van der Waals surface area (Å²) in [6.07, 6.45) is 3.98. The van der Waals surface area contributed by atoms with Crippen LogP contribution in [0, 0.1) is 0 Å². The zero-order chi connectivity index (χ0) is 16.2. The van der Waals surface area contributed by atoms with Crippen molar-refractivity contribution < 1.29 is 5.11 Å². The maximum absolute atomic E-state index is 8.96. The van der Waals surface area contributed by atoms with Crippen molar-refractivity contribution in [3.8, 4) is 0 Å². The summed E-state index contributed by atoms with van der Waals surface area (Å²) in [4.78, 5) is 2.02. The van der Waals surface area contributed by atoms with Gasteiger partial charge in [-0.1, -0.05) is 0 Å². The number of aliphatic hydroxyl groups is 1. The lowest BCUT2D eigenvalue weighted by atomic mass is 10.1. The fraction of sp³-hybridized carbons (Fsp3) is 0.471. The van der Waals surface area contributed by atoms with Crippen molar-refractivity contribution in [1.82, 2.24) is 9.78 Å². The van der Waals surface area contributed by atoms with Crippen molar-refractivity contribution in [1.29, 1.82) is 0 Å². The van der Waals surface area contributed by atoms with E-state index in [4.69, 9.17) is 5.11 Å². The minimum Gasteiger partial charge on any atom is -0.395 e. The average molecular weight is 302 g/mol. The van der Waals surface area contributed by atoms with Crippen LogP contribution in [-0.2, 0) is 12.1 Å². The summed E-state index contributed by atoms with van der Waals surface area (Å²) in [7, 11) is 1.97. The molecule has 1 heterocycles. The van der Waals surface area contributed by atoms with Crippen LogP contribution in [0.25, 0.3) is 0 Å². The van der Waals surface area contributed by atoms with E-state index in [0.717, 1.165) is 23.5 Å². The highest BCUT2D eigenvalue weighted by molar-refractivity contribution is 5.54. The average Bonchev–Trinajstić information content (AvgIpc) is 2.95. The minimum atomic E-state index is 0.0111. The third-order valence-corrected chi connectivity index (χ3v) is 3.56. The molecule has 0 amide bonds. The van der Waals surface area contributed by atoms with E-state index in [-0.39, 0.29) is 12.1 Å². The predicted octanol–water partition coefficient (Wildman–Crippen LogP) is 2.68. The van der Waals surface area contributed by atoms with Crippen molar-refractivity contribution in [3.63, 3.8) is 0 Å². The van der Waals surface area contributed by atoms with Gasteiger partial charge in [0.05, 0.1) is 18.3 Å². The normalized spacial score (nSPS) is 11.5. The molecule has 0 spiro atoms. The second kappa shape index (κ2) is 6.83. The predicted molar refractivity (Wildman–Crippen MR) is 91.3 cm³/mol. The molecule has 0 aliphatic heterocycles. The van der Waals surface area contributed by atoms with Gasteiger partial charge in [-0.05, 0) is 45.0 Å². The van der Waals surface area contributed by atoms with E-state index >= 15 is 0 Å². The van der Waals surface area contributed by atoms with Crippen LogP contribution in [0.1, 0.15) is 26.3 Å². The molecule has 0 unspecified atom stereocenters. The number of nitrogens with one attached hydrogen (secondary N) is 1. The van der Waals surface area contributed by atoms with Gasteiger partial charge in [0.1, 0.15) is 0 Å². The molecule has 120 valence electrons. The second-order valence-corrected chi connectivity index (χ2v) is 6.51. The first-order valence-electron chi connectivity index (χ1n) is 7.60. The summed E-state index contributed by atoms with van der Waals surface area (Å²) in [5.41, 5.74) is 3.35. The molecule has 2 rings (SSSR count). The van der Waals surface area contributed by atoms with E-state index in [2.05, 4.69) is 61.6 Å². The Labute approximate surface area is 132 Å². The Bertz CT molecular complexity index is 583. The van der Waals surface area contributed by atoms with Gasteiger partial charge in [0, 0.05) is 43.3 Å². The Hall–Kier alpha value is -2.01. The van der Waals surface area contributed by atoms with Gasteiger partial charge in [-0.2, -0.15) is 5.10 Å². The highest BCUT2D eigenvalue weighted by Gasteiger charge is 2.13. The van der Waals surface area contributed by atoms with Gasteiger partial charge in [0.2, 0.25) is 0 Å². The number of likely N-dealkylation sites (N-methyl/N-ethyl adjacent to an activating group) is 1. The zero-order valence-corrected chi connectivity index (χ0v) is 13.9. The van der Waals surface area contributed by atoms with E-state index in [1.54, 1.807) is 0 Å². The molecule has 5 nitrogen and oxygen atoms in total. The highest BCUT2D eigenvalue weighted by Crippen LogP contribution is 2.18. The monoisotopic (exact) mass is 302 g/mol. The number of aliphatic hydroxyl groups excluding tert-OH is 1. The third kappa shape index (κ3) is 4.24. The van der Waals surface area contributed by atoms with E-state index in [9.17, 15) is 0 Å². The molecule has 1 aromatic carbocycles. The van der Waals surface area contributed by atoms with Gasteiger partial charge >= 0.3 is 0 Å². The Morgan fingerprint density at radius 1 is 1.23 bits per heavy atom. The van der Waals surface area contributed by atoms with E-state index in [1.807, 2.05) is 22.8 Å². The first kappa shape index (κ1) is 16.4. The second-order valence-electron chi connectivity index (χ2n) is 6.51. The fourth-order valence-corrected chi connectivity index (χ4v) is 2.14. The lowest BCUT2D eigenvalue weighted by Gasteiger charge is -2.19. The molecule has 0 aliphatic carbocycles. The SMILES string of the molecule is CN(CCO)c1ccc(NCc2cnn(C(C)(C)C)c2)cc1. The van der Waals surface area contributed by atoms with Crippen LogP contribution in [0.3, 0.4) is 0 Å². The Kier molecular flexibility index (Phi) is 5.08. The molecule has 0 aliphatic rings. The zero-order valence-electron chi connectivity index (χ0n) is 13.9. The van der Waals surface area contributed by atoms with Gasteiger partial charge in [0.25, 0.3) is 0 Å². The summed E-state index contributed by atoms with van der Waals surface area (Å²) in [6, 6.07) is 8.21.